The fraction of sp³-hybridized carbons (Fsp3) is 0.833. The molecule has 2 nitrogen and oxygen atoms in total. The van der Waals surface area contributed by atoms with E-state index in [0.717, 1.165) is 0 Å². The summed E-state index contributed by atoms with van der Waals surface area (Å²) in [6.45, 7) is 7.26. The topological polar surface area (TPSA) is 47.6 Å². The molecule has 2 N–H and O–H groups in total. The molecule has 0 aliphatic carbocycles. The molecule has 0 spiro atoms. The third-order valence-corrected chi connectivity index (χ3v) is 0.625. The van der Waals surface area contributed by atoms with Crippen molar-refractivity contribution in [1.29, 1.82) is 0 Å². The summed E-state index contributed by atoms with van der Waals surface area (Å²) in [6.07, 6.45) is 0.688. The second-order valence-corrected chi connectivity index (χ2v) is 2.13. The van der Waals surface area contributed by atoms with Gasteiger partial charge in [0.25, 0.3) is 0 Å². The van der Waals surface area contributed by atoms with Crippen LogP contribution in [-0.2, 0) is 32.7 Å². The van der Waals surface area contributed by atoms with Crippen LogP contribution >= 0.6 is 0 Å². The number of hydrogen-bond donors (Lipinski definition) is 0. The second kappa shape index (κ2) is 9.02. The molecule has 0 radical (unpaired) electrons. The van der Waals surface area contributed by atoms with Gasteiger partial charge in [-0.3, -0.25) is 0 Å². The van der Waals surface area contributed by atoms with Crippen molar-refractivity contribution in [2.24, 2.45) is 0 Å². The summed E-state index contributed by atoms with van der Waals surface area (Å²) in [7, 11) is 1.25. The second-order valence-electron chi connectivity index (χ2n) is 2.13. The van der Waals surface area contributed by atoms with E-state index in [9.17, 15) is 0 Å². The molecule has 0 aromatic heterocycles. The molecule has 0 aliphatic rings. The van der Waals surface area contributed by atoms with Crippen molar-refractivity contribution in [3.63, 3.8) is 0 Å². The van der Waals surface area contributed by atoms with Crippen molar-refractivity contribution in [2.45, 2.75) is 25.8 Å². The molecule has 0 aromatic carbocycles. The van der Waals surface area contributed by atoms with E-state index in [0.29, 0.717) is 6.42 Å². The van der Waals surface area contributed by atoms with E-state index in [-0.39, 0.29) is 38.2 Å². The van der Waals surface area contributed by atoms with Crippen molar-refractivity contribution in [3.05, 3.63) is 18.4 Å². The molecule has 0 amide bonds. The van der Waals surface area contributed by atoms with Gasteiger partial charge in [-0.15, -0.1) is 0 Å². The van der Waals surface area contributed by atoms with Gasteiger partial charge >= 0.3 is 32.7 Å². The van der Waals surface area contributed by atoms with E-state index in [4.69, 9.17) is 11.5 Å². The Morgan fingerprint density at radius 3 is 1.44 bits per heavy atom. The first kappa shape index (κ1) is 16.5. The van der Waals surface area contributed by atoms with Crippen LogP contribution in [0, 0.1) is 6.92 Å². The van der Waals surface area contributed by atoms with Gasteiger partial charge in [-0.1, -0.05) is 13.8 Å². The normalized spacial score (nSPS) is 8.67. The largest absolute Gasteiger partial charge is 3.00 e. The molecule has 0 aromatic rings. The first-order valence-electron chi connectivity index (χ1n) is 2.60. The van der Waals surface area contributed by atoms with E-state index in [1.165, 1.54) is 7.05 Å². The maximum absolute atomic E-state index is 7.12. The smallest absolute Gasteiger partial charge is 0.680 e. The quantitative estimate of drug-likeness (QED) is 0.589. The van der Waals surface area contributed by atoms with E-state index in [1.807, 2.05) is 13.8 Å². The SMILES string of the molecule is C[NH-].[CH2-]CC(C)(C)[NH-].[Y+3]. The molecule has 9 heavy (non-hydrogen) atoms. The molecule has 0 fully saturated rings. The monoisotopic (exact) mass is 204 g/mol. The summed E-state index contributed by atoms with van der Waals surface area (Å²) in [4.78, 5) is 0. The summed E-state index contributed by atoms with van der Waals surface area (Å²) in [5.41, 5.74) is 12.5. The number of rotatable bonds is 1. The van der Waals surface area contributed by atoms with E-state index in [1.54, 1.807) is 0 Å². The van der Waals surface area contributed by atoms with Gasteiger partial charge in [-0.2, -0.15) is 19.0 Å². The fourth-order valence-electron chi connectivity index (χ4n) is 0. The van der Waals surface area contributed by atoms with Crippen LogP contribution < -0.4 is 0 Å². The van der Waals surface area contributed by atoms with Crippen molar-refractivity contribution in [1.82, 2.24) is 0 Å². The molecule has 0 heterocycles. The Balaban J connectivity index is -0.000000109. The van der Waals surface area contributed by atoms with Crippen LogP contribution in [0.3, 0.4) is 0 Å². The van der Waals surface area contributed by atoms with Crippen LogP contribution in [-0.4, -0.2) is 12.6 Å². The van der Waals surface area contributed by atoms with E-state index < -0.39 is 0 Å². The van der Waals surface area contributed by atoms with Crippen LogP contribution in [0.2, 0.25) is 0 Å². The number of nitrogens with one attached hydrogen (secondary N) is 2. The third-order valence-electron chi connectivity index (χ3n) is 0.625. The maximum atomic E-state index is 7.12. The zero-order valence-electron chi connectivity index (χ0n) is 6.49. The molecule has 0 atom stereocenters. The minimum absolute atomic E-state index is 0. The van der Waals surface area contributed by atoms with Gasteiger partial charge in [0.05, 0.1) is 0 Å². The summed E-state index contributed by atoms with van der Waals surface area (Å²) in [6, 6.07) is 0. The minimum atomic E-state index is -0.319. The van der Waals surface area contributed by atoms with Gasteiger partial charge in [0.1, 0.15) is 0 Å². The average Bonchev–Trinajstić information content (AvgIpc) is 1.71. The Labute approximate surface area is 83.6 Å². The predicted molar refractivity (Wildman–Crippen MR) is 38.6 cm³/mol. The molecule has 0 saturated carbocycles. The molecule has 0 bridgehead atoms. The van der Waals surface area contributed by atoms with Crippen LogP contribution in [0.15, 0.2) is 0 Å². The van der Waals surface area contributed by atoms with Gasteiger partial charge in [-0.25, -0.2) is 0 Å². The number of hydrogen-bond acceptors (Lipinski definition) is 0. The Bertz CT molecular complexity index is 40.8. The summed E-state index contributed by atoms with van der Waals surface area (Å²) in [5.74, 6) is 0. The molecule has 0 unspecified atom stereocenters. The molecular formula is C6H15N2Y. The Hall–Kier alpha value is 1.02. The Kier molecular flexibility index (Phi) is 16.6. The standard InChI is InChI=1S/C5H11N.CH4N.Y/c1-4-5(2,3)6;1-2;/h6H,1,4H2,2-3H3;2H,1H3;/q-2;-1;+3. The zero-order valence-corrected chi connectivity index (χ0v) is 9.33. The van der Waals surface area contributed by atoms with Crippen molar-refractivity contribution < 1.29 is 32.7 Å². The van der Waals surface area contributed by atoms with Crippen molar-refractivity contribution in [3.8, 4) is 0 Å². The molecule has 0 saturated heterocycles. The zero-order chi connectivity index (χ0) is 7.21. The van der Waals surface area contributed by atoms with E-state index >= 15 is 0 Å². The minimum Gasteiger partial charge on any atom is -0.680 e. The molecule has 0 aliphatic heterocycles. The Morgan fingerprint density at radius 1 is 1.33 bits per heavy atom. The van der Waals surface area contributed by atoms with Gasteiger partial charge in [0.2, 0.25) is 0 Å². The van der Waals surface area contributed by atoms with Crippen molar-refractivity contribution in [2.75, 3.05) is 7.05 Å². The molecular weight excluding hydrogens is 189 g/mol. The van der Waals surface area contributed by atoms with Crippen LogP contribution in [0.4, 0.5) is 0 Å². The van der Waals surface area contributed by atoms with Gasteiger partial charge in [0, 0.05) is 0 Å². The first-order chi connectivity index (χ1) is 3.56. The van der Waals surface area contributed by atoms with Gasteiger partial charge in [-0.05, 0) is 0 Å². The summed E-state index contributed by atoms with van der Waals surface area (Å²) >= 11 is 0. The third kappa shape index (κ3) is 27.5. The molecule has 0 rings (SSSR count). The average molecular weight is 204 g/mol. The summed E-state index contributed by atoms with van der Waals surface area (Å²) < 4.78 is 0. The van der Waals surface area contributed by atoms with Crippen LogP contribution in [0.1, 0.15) is 20.3 Å². The van der Waals surface area contributed by atoms with Crippen LogP contribution in [0.25, 0.3) is 11.5 Å². The fourth-order valence-corrected chi connectivity index (χ4v) is 0. The van der Waals surface area contributed by atoms with E-state index in [2.05, 4.69) is 6.92 Å². The van der Waals surface area contributed by atoms with Gasteiger partial charge < -0.3 is 18.4 Å². The van der Waals surface area contributed by atoms with Gasteiger partial charge in [0.15, 0.2) is 0 Å². The Morgan fingerprint density at radius 2 is 1.44 bits per heavy atom. The molecule has 3 heteroatoms. The molecule has 52 valence electrons. The summed E-state index contributed by atoms with van der Waals surface area (Å²) in [5, 5.41) is 0. The van der Waals surface area contributed by atoms with Crippen molar-refractivity contribution >= 4 is 0 Å². The predicted octanol–water partition coefficient (Wildman–Crippen LogP) is 2.71. The first-order valence-corrected chi connectivity index (χ1v) is 2.60. The van der Waals surface area contributed by atoms with Crippen LogP contribution in [0.5, 0.6) is 0 Å². The maximum Gasteiger partial charge on any atom is 3.00 e.